The molecule has 3 rings (SSSR count). The second-order valence-corrected chi connectivity index (χ2v) is 8.78. The first-order valence-corrected chi connectivity index (χ1v) is 10.7. The summed E-state index contributed by atoms with van der Waals surface area (Å²) in [6.45, 7) is 2.06. The van der Waals surface area contributed by atoms with E-state index in [0.717, 1.165) is 68.6 Å². The minimum atomic E-state index is -0.258. The lowest BCUT2D eigenvalue weighted by molar-refractivity contribution is -0.119. The molecule has 0 bridgehead atoms. The molecule has 6 nitrogen and oxygen atoms in total. The fourth-order valence-electron chi connectivity index (χ4n) is 4.20. The van der Waals surface area contributed by atoms with Gasteiger partial charge in [0.1, 0.15) is 11.1 Å². The van der Waals surface area contributed by atoms with Crippen LogP contribution in [-0.2, 0) is 22.4 Å². The van der Waals surface area contributed by atoms with Crippen LogP contribution in [0.15, 0.2) is 0 Å². The normalized spacial score (nSPS) is 20.3. The van der Waals surface area contributed by atoms with Gasteiger partial charge in [-0.25, -0.2) is 0 Å². The van der Waals surface area contributed by atoms with Gasteiger partial charge in [0.2, 0.25) is 11.8 Å². The van der Waals surface area contributed by atoms with E-state index in [1.54, 1.807) is 11.3 Å². The van der Waals surface area contributed by atoms with Crippen molar-refractivity contribution in [2.45, 2.75) is 57.8 Å². The van der Waals surface area contributed by atoms with Crippen LogP contribution in [0.2, 0.25) is 0 Å². The van der Waals surface area contributed by atoms with Crippen LogP contribution < -0.4 is 11.1 Å². The SMILES string of the molecule is N#Cc1c(NC(=O)CN2CCCC(CCC(N)=O)C2)sc2c1CCCCC2. The summed E-state index contributed by atoms with van der Waals surface area (Å²) in [6.07, 6.45) is 8.77. The molecule has 1 saturated heterocycles. The Morgan fingerprint density at radius 1 is 1.26 bits per heavy atom. The summed E-state index contributed by atoms with van der Waals surface area (Å²) in [6, 6.07) is 2.31. The number of fused-ring (bicyclic) bond motifs is 1. The van der Waals surface area contributed by atoms with Crippen molar-refractivity contribution in [3.05, 3.63) is 16.0 Å². The van der Waals surface area contributed by atoms with Crippen molar-refractivity contribution in [2.24, 2.45) is 11.7 Å². The number of rotatable bonds is 6. The van der Waals surface area contributed by atoms with Crippen molar-refractivity contribution in [2.75, 3.05) is 25.0 Å². The Hall–Kier alpha value is -1.91. The third-order valence-electron chi connectivity index (χ3n) is 5.56. The van der Waals surface area contributed by atoms with Crippen LogP contribution in [0.4, 0.5) is 5.00 Å². The number of piperidine rings is 1. The summed E-state index contributed by atoms with van der Waals surface area (Å²) in [5.41, 5.74) is 7.07. The summed E-state index contributed by atoms with van der Waals surface area (Å²) in [7, 11) is 0. The molecule has 1 aromatic rings. The molecule has 2 aliphatic rings. The lowest BCUT2D eigenvalue weighted by Gasteiger charge is -2.32. The van der Waals surface area contributed by atoms with E-state index < -0.39 is 0 Å². The van der Waals surface area contributed by atoms with Gasteiger partial charge in [-0.05, 0) is 63.0 Å². The van der Waals surface area contributed by atoms with E-state index in [2.05, 4.69) is 16.3 Å². The van der Waals surface area contributed by atoms with Gasteiger partial charge in [-0.15, -0.1) is 11.3 Å². The van der Waals surface area contributed by atoms with Crippen LogP contribution in [0.1, 0.15) is 60.9 Å². The number of aryl methyl sites for hydroxylation is 1. The van der Waals surface area contributed by atoms with Gasteiger partial charge in [-0.1, -0.05) is 6.42 Å². The maximum Gasteiger partial charge on any atom is 0.239 e. The van der Waals surface area contributed by atoms with E-state index in [9.17, 15) is 14.9 Å². The van der Waals surface area contributed by atoms with E-state index >= 15 is 0 Å². The molecule has 3 N–H and O–H groups in total. The summed E-state index contributed by atoms with van der Waals surface area (Å²) in [5.74, 6) is 0.108. The number of hydrogen-bond donors (Lipinski definition) is 2. The first-order valence-electron chi connectivity index (χ1n) is 9.92. The molecule has 1 fully saturated rings. The largest absolute Gasteiger partial charge is 0.370 e. The molecule has 146 valence electrons. The van der Waals surface area contributed by atoms with Gasteiger partial charge in [0.25, 0.3) is 0 Å². The average Bonchev–Trinajstić information content (AvgIpc) is 2.79. The van der Waals surface area contributed by atoms with Gasteiger partial charge < -0.3 is 11.1 Å². The number of primary amides is 1. The predicted octanol–water partition coefficient (Wildman–Crippen LogP) is 2.80. The molecule has 1 atom stereocenters. The fraction of sp³-hybridized carbons (Fsp3) is 0.650. The van der Waals surface area contributed by atoms with E-state index in [4.69, 9.17) is 5.73 Å². The Morgan fingerprint density at radius 3 is 2.85 bits per heavy atom. The quantitative estimate of drug-likeness (QED) is 0.732. The lowest BCUT2D eigenvalue weighted by atomic mass is 9.93. The summed E-state index contributed by atoms with van der Waals surface area (Å²) in [5, 5.41) is 13.3. The molecular weight excluding hydrogens is 360 g/mol. The molecule has 7 heteroatoms. The topological polar surface area (TPSA) is 99.2 Å². The molecule has 0 radical (unpaired) electrons. The van der Waals surface area contributed by atoms with Crippen molar-refractivity contribution in [3.63, 3.8) is 0 Å². The van der Waals surface area contributed by atoms with Gasteiger partial charge in [0.05, 0.1) is 12.1 Å². The van der Waals surface area contributed by atoms with E-state index in [1.807, 2.05) is 0 Å². The van der Waals surface area contributed by atoms with Crippen LogP contribution in [0.3, 0.4) is 0 Å². The smallest absolute Gasteiger partial charge is 0.239 e. The molecular formula is C20H28N4O2S. The number of amides is 2. The second-order valence-electron chi connectivity index (χ2n) is 7.68. The van der Waals surface area contributed by atoms with E-state index in [1.165, 1.54) is 11.3 Å². The summed E-state index contributed by atoms with van der Waals surface area (Å²) in [4.78, 5) is 27.0. The maximum atomic E-state index is 12.6. The number of carbonyl (C=O) groups excluding carboxylic acids is 2. The predicted molar refractivity (Wildman–Crippen MR) is 107 cm³/mol. The highest BCUT2D eigenvalue weighted by atomic mass is 32.1. The van der Waals surface area contributed by atoms with Crippen molar-refractivity contribution < 1.29 is 9.59 Å². The number of thiophene rings is 1. The number of likely N-dealkylation sites (tertiary alicyclic amines) is 1. The standard InChI is InChI=1S/C20H28N4O2S/c21-11-16-15-6-2-1-3-7-17(15)27-20(16)23-19(26)13-24-10-4-5-14(12-24)8-9-18(22)25/h14H,1-10,12-13H2,(H2,22,25)(H,23,26). The van der Waals surface area contributed by atoms with Gasteiger partial charge in [0.15, 0.2) is 0 Å². The number of carbonyl (C=O) groups is 2. The highest BCUT2D eigenvalue weighted by Gasteiger charge is 2.24. The molecule has 0 aromatic carbocycles. The highest BCUT2D eigenvalue weighted by Crippen LogP contribution is 2.37. The second kappa shape index (κ2) is 9.34. The Kier molecular flexibility index (Phi) is 6.86. The van der Waals surface area contributed by atoms with Gasteiger partial charge in [-0.2, -0.15) is 5.26 Å². The van der Waals surface area contributed by atoms with Crippen LogP contribution >= 0.6 is 11.3 Å². The zero-order valence-electron chi connectivity index (χ0n) is 15.8. The molecule has 2 heterocycles. The Labute approximate surface area is 164 Å². The minimum Gasteiger partial charge on any atom is -0.370 e. The molecule has 1 aliphatic heterocycles. The lowest BCUT2D eigenvalue weighted by Crippen LogP contribution is -2.40. The van der Waals surface area contributed by atoms with Crippen LogP contribution in [0.25, 0.3) is 0 Å². The maximum absolute atomic E-state index is 12.6. The Morgan fingerprint density at radius 2 is 2.07 bits per heavy atom. The van der Waals surface area contributed by atoms with Crippen LogP contribution in [0.5, 0.6) is 0 Å². The third-order valence-corrected chi connectivity index (χ3v) is 6.76. The molecule has 2 amide bonds. The molecule has 27 heavy (non-hydrogen) atoms. The van der Waals surface area contributed by atoms with Gasteiger partial charge in [0, 0.05) is 17.8 Å². The monoisotopic (exact) mass is 388 g/mol. The number of nitrogens with one attached hydrogen (secondary N) is 1. The number of anilines is 1. The van der Waals surface area contributed by atoms with Gasteiger partial charge >= 0.3 is 0 Å². The molecule has 1 unspecified atom stereocenters. The fourth-order valence-corrected chi connectivity index (χ4v) is 5.45. The van der Waals surface area contributed by atoms with Crippen molar-refractivity contribution in [1.29, 1.82) is 5.26 Å². The number of nitrogens with two attached hydrogens (primary N) is 1. The molecule has 0 spiro atoms. The molecule has 1 aliphatic carbocycles. The van der Waals surface area contributed by atoms with E-state index in [0.29, 0.717) is 24.4 Å². The van der Waals surface area contributed by atoms with Crippen molar-refractivity contribution in [1.82, 2.24) is 4.90 Å². The van der Waals surface area contributed by atoms with E-state index in [-0.39, 0.29) is 11.8 Å². The Bertz CT molecular complexity index is 737. The van der Waals surface area contributed by atoms with Crippen molar-refractivity contribution >= 4 is 28.2 Å². The minimum absolute atomic E-state index is 0.0570. The zero-order chi connectivity index (χ0) is 19.2. The third kappa shape index (κ3) is 5.30. The summed E-state index contributed by atoms with van der Waals surface area (Å²) >= 11 is 1.58. The van der Waals surface area contributed by atoms with Gasteiger partial charge in [-0.3, -0.25) is 14.5 Å². The molecule has 0 saturated carbocycles. The van der Waals surface area contributed by atoms with Crippen LogP contribution in [-0.4, -0.2) is 36.3 Å². The summed E-state index contributed by atoms with van der Waals surface area (Å²) < 4.78 is 0. The molecule has 1 aromatic heterocycles. The number of nitrogens with zero attached hydrogens (tertiary/aromatic N) is 2. The van der Waals surface area contributed by atoms with Crippen molar-refractivity contribution in [3.8, 4) is 6.07 Å². The Balaban J connectivity index is 1.58. The highest BCUT2D eigenvalue weighted by molar-refractivity contribution is 7.16. The van der Waals surface area contributed by atoms with Crippen LogP contribution in [0, 0.1) is 17.2 Å². The first kappa shape index (κ1) is 19.8. The average molecular weight is 389 g/mol. The number of hydrogen-bond acceptors (Lipinski definition) is 5. The first-order chi connectivity index (χ1) is 13.1. The number of nitriles is 1. The zero-order valence-corrected chi connectivity index (χ0v) is 16.6.